The molecule has 3 heteroatoms. The van der Waals surface area contributed by atoms with Gasteiger partial charge in [0.1, 0.15) is 11.0 Å². The molecule has 60 valence electrons. The zero-order chi connectivity index (χ0) is 8.48. The van der Waals surface area contributed by atoms with Gasteiger partial charge in [0.2, 0.25) is 0 Å². The van der Waals surface area contributed by atoms with E-state index >= 15 is 0 Å². The highest BCUT2D eigenvalue weighted by molar-refractivity contribution is 6.29. The van der Waals surface area contributed by atoms with Crippen LogP contribution in [-0.2, 0) is 5.41 Å². The minimum absolute atomic E-state index is 0.0229. The Bertz CT molecular complexity index is 253. The predicted molar refractivity (Wildman–Crippen MR) is 45.7 cm³/mol. The third-order valence-corrected chi connectivity index (χ3v) is 1.50. The maximum atomic E-state index is 5.70. The van der Waals surface area contributed by atoms with E-state index in [0.717, 1.165) is 5.82 Å². The van der Waals surface area contributed by atoms with Crippen molar-refractivity contribution >= 4 is 11.6 Å². The second-order valence-corrected chi connectivity index (χ2v) is 3.84. The van der Waals surface area contributed by atoms with Crippen molar-refractivity contribution in [2.24, 2.45) is 0 Å². The molecule has 0 radical (unpaired) electrons. The first-order valence-corrected chi connectivity index (χ1v) is 3.87. The van der Waals surface area contributed by atoms with Crippen LogP contribution in [0.15, 0.2) is 12.3 Å². The Morgan fingerprint density at radius 2 is 2.00 bits per heavy atom. The topological polar surface area (TPSA) is 25.8 Å². The highest BCUT2D eigenvalue weighted by Crippen LogP contribution is 2.18. The van der Waals surface area contributed by atoms with E-state index in [-0.39, 0.29) is 5.41 Å². The van der Waals surface area contributed by atoms with E-state index in [2.05, 4.69) is 30.7 Å². The van der Waals surface area contributed by atoms with Crippen molar-refractivity contribution in [3.8, 4) is 0 Å². The second kappa shape index (κ2) is 2.78. The molecule has 0 bridgehead atoms. The van der Waals surface area contributed by atoms with Crippen LogP contribution in [0.5, 0.6) is 0 Å². The molecule has 0 saturated carbocycles. The first-order chi connectivity index (χ1) is 5.00. The van der Waals surface area contributed by atoms with Crippen molar-refractivity contribution in [1.82, 2.24) is 9.97 Å². The molecule has 11 heavy (non-hydrogen) atoms. The number of hydrogen-bond acceptors (Lipinski definition) is 2. The summed E-state index contributed by atoms with van der Waals surface area (Å²) < 4.78 is 0. The minimum atomic E-state index is -0.0229. The number of aromatic nitrogens is 2. The van der Waals surface area contributed by atoms with Gasteiger partial charge in [0, 0.05) is 11.6 Å². The Kier molecular flexibility index (Phi) is 2.14. The lowest BCUT2D eigenvalue weighted by Crippen LogP contribution is -2.15. The molecule has 1 aromatic rings. The van der Waals surface area contributed by atoms with Crippen LogP contribution in [0.2, 0.25) is 5.15 Å². The molecule has 0 spiro atoms. The fraction of sp³-hybridized carbons (Fsp3) is 0.500. The smallest absolute Gasteiger partial charge is 0.135 e. The summed E-state index contributed by atoms with van der Waals surface area (Å²) in [6.45, 7) is 6.16. The van der Waals surface area contributed by atoms with Gasteiger partial charge < -0.3 is 0 Å². The van der Waals surface area contributed by atoms with Crippen LogP contribution in [0.1, 0.15) is 26.6 Å². The molecule has 0 fully saturated rings. The summed E-state index contributed by atoms with van der Waals surface area (Å²) in [7, 11) is 0. The van der Waals surface area contributed by atoms with Crippen LogP contribution >= 0.6 is 11.6 Å². The third kappa shape index (κ3) is 2.15. The van der Waals surface area contributed by atoms with Gasteiger partial charge in [0.15, 0.2) is 0 Å². The molecule has 2 nitrogen and oxygen atoms in total. The van der Waals surface area contributed by atoms with E-state index in [9.17, 15) is 0 Å². The maximum absolute atomic E-state index is 5.70. The summed E-state index contributed by atoms with van der Waals surface area (Å²) >= 11 is 5.70. The summed E-state index contributed by atoms with van der Waals surface area (Å²) in [5.41, 5.74) is -0.0229. The van der Waals surface area contributed by atoms with E-state index in [1.165, 1.54) is 0 Å². The van der Waals surface area contributed by atoms with Gasteiger partial charge in [-0.25, -0.2) is 9.97 Å². The number of hydrogen-bond donors (Lipinski definition) is 0. The Balaban J connectivity index is 3.06. The Morgan fingerprint density at radius 1 is 1.36 bits per heavy atom. The van der Waals surface area contributed by atoms with Gasteiger partial charge in [-0.1, -0.05) is 32.4 Å². The predicted octanol–water partition coefficient (Wildman–Crippen LogP) is 2.43. The van der Waals surface area contributed by atoms with Crippen LogP contribution < -0.4 is 0 Å². The van der Waals surface area contributed by atoms with Crippen molar-refractivity contribution in [2.75, 3.05) is 0 Å². The fourth-order valence-corrected chi connectivity index (χ4v) is 0.834. The van der Waals surface area contributed by atoms with Crippen molar-refractivity contribution < 1.29 is 0 Å². The molecule has 1 aromatic heterocycles. The van der Waals surface area contributed by atoms with E-state index in [1.54, 1.807) is 12.3 Å². The van der Waals surface area contributed by atoms with Crippen LogP contribution in [0.4, 0.5) is 0 Å². The molecule has 0 amide bonds. The highest BCUT2D eigenvalue weighted by Gasteiger charge is 2.16. The third-order valence-electron chi connectivity index (χ3n) is 1.29. The summed E-state index contributed by atoms with van der Waals surface area (Å²) in [4.78, 5) is 8.21. The normalized spacial score (nSPS) is 11.6. The van der Waals surface area contributed by atoms with Gasteiger partial charge in [-0.3, -0.25) is 0 Å². The summed E-state index contributed by atoms with van der Waals surface area (Å²) in [6.07, 6.45) is 1.68. The molecule has 0 aromatic carbocycles. The van der Waals surface area contributed by atoms with Gasteiger partial charge in [-0.05, 0) is 6.07 Å². The number of nitrogens with zero attached hydrogens (tertiary/aromatic N) is 2. The Labute approximate surface area is 71.6 Å². The molecule has 1 rings (SSSR count). The van der Waals surface area contributed by atoms with Crippen molar-refractivity contribution in [3.63, 3.8) is 0 Å². The number of halogens is 1. The number of rotatable bonds is 0. The first kappa shape index (κ1) is 8.47. The van der Waals surface area contributed by atoms with E-state index < -0.39 is 0 Å². The largest absolute Gasteiger partial charge is 0.241 e. The molecule has 0 saturated heterocycles. The minimum Gasteiger partial charge on any atom is -0.241 e. The molecule has 0 aliphatic carbocycles. The standard InChI is InChI=1S/C8H11ClN2/c1-8(2,3)7-10-5-4-6(9)11-7/h4-5H,1-3H3. The maximum Gasteiger partial charge on any atom is 0.135 e. The van der Waals surface area contributed by atoms with E-state index in [1.807, 2.05) is 0 Å². The van der Waals surface area contributed by atoms with Gasteiger partial charge in [-0.2, -0.15) is 0 Å². The highest BCUT2D eigenvalue weighted by atomic mass is 35.5. The lowest BCUT2D eigenvalue weighted by molar-refractivity contribution is 0.545. The van der Waals surface area contributed by atoms with Crippen LogP contribution in [0.25, 0.3) is 0 Å². The quantitative estimate of drug-likeness (QED) is 0.559. The van der Waals surface area contributed by atoms with E-state index in [4.69, 9.17) is 11.6 Å². The van der Waals surface area contributed by atoms with E-state index in [0.29, 0.717) is 5.15 Å². The van der Waals surface area contributed by atoms with Crippen LogP contribution in [-0.4, -0.2) is 9.97 Å². The Hall–Kier alpha value is -0.630. The van der Waals surface area contributed by atoms with Gasteiger partial charge in [-0.15, -0.1) is 0 Å². The van der Waals surface area contributed by atoms with Crippen LogP contribution in [0.3, 0.4) is 0 Å². The van der Waals surface area contributed by atoms with Crippen molar-refractivity contribution in [2.45, 2.75) is 26.2 Å². The SMILES string of the molecule is CC(C)(C)c1nccc(Cl)n1. The first-order valence-electron chi connectivity index (χ1n) is 3.49. The summed E-state index contributed by atoms with van der Waals surface area (Å²) in [5, 5.41) is 0.505. The lowest BCUT2D eigenvalue weighted by Gasteiger charge is -2.15. The van der Waals surface area contributed by atoms with Gasteiger partial charge >= 0.3 is 0 Å². The summed E-state index contributed by atoms with van der Waals surface area (Å²) in [5.74, 6) is 0.782. The zero-order valence-corrected chi connectivity index (χ0v) is 7.68. The average molecular weight is 171 g/mol. The van der Waals surface area contributed by atoms with Crippen molar-refractivity contribution in [1.29, 1.82) is 0 Å². The molecule has 0 unspecified atom stereocenters. The molecular weight excluding hydrogens is 160 g/mol. The van der Waals surface area contributed by atoms with Crippen molar-refractivity contribution in [3.05, 3.63) is 23.2 Å². The molecule has 0 atom stereocenters. The lowest BCUT2D eigenvalue weighted by atomic mass is 9.96. The van der Waals surface area contributed by atoms with Gasteiger partial charge in [0.05, 0.1) is 0 Å². The molecular formula is C8H11ClN2. The molecule has 0 aliphatic rings. The second-order valence-electron chi connectivity index (χ2n) is 3.45. The zero-order valence-electron chi connectivity index (χ0n) is 6.93. The molecule has 0 N–H and O–H groups in total. The monoisotopic (exact) mass is 170 g/mol. The Morgan fingerprint density at radius 3 is 2.36 bits per heavy atom. The summed E-state index contributed by atoms with van der Waals surface area (Å²) in [6, 6.07) is 1.68. The average Bonchev–Trinajstić information content (AvgIpc) is 1.86. The fourth-order valence-electron chi connectivity index (χ4n) is 0.698. The molecule has 0 aliphatic heterocycles. The molecule has 1 heterocycles. The van der Waals surface area contributed by atoms with Gasteiger partial charge in [0.25, 0.3) is 0 Å². The van der Waals surface area contributed by atoms with Crippen LogP contribution in [0, 0.1) is 0 Å².